The van der Waals surface area contributed by atoms with Gasteiger partial charge in [0.15, 0.2) is 0 Å². The lowest BCUT2D eigenvalue weighted by molar-refractivity contribution is -0.384. The Hall–Kier alpha value is -1.17. The second kappa shape index (κ2) is 5.68. The summed E-state index contributed by atoms with van der Waals surface area (Å²) in [6.45, 7) is 1.80. The Balaban J connectivity index is 1.84. The zero-order valence-electron chi connectivity index (χ0n) is 11.3. The summed E-state index contributed by atoms with van der Waals surface area (Å²) in [5.41, 5.74) is 0.105. The molecule has 1 aromatic rings. The van der Waals surface area contributed by atoms with Gasteiger partial charge in [0.2, 0.25) is 5.82 Å². The van der Waals surface area contributed by atoms with Crippen LogP contribution < -0.4 is 4.90 Å². The quantitative estimate of drug-likeness (QED) is 0.607. The number of fused-ring (bicyclic) bond motifs is 1. The lowest BCUT2D eigenvalue weighted by atomic mass is 9.75. The molecule has 0 amide bonds. The van der Waals surface area contributed by atoms with E-state index in [1.54, 1.807) is 12.3 Å². The first-order valence-electron chi connectivity index (χ1n) is 7.20. The highest BCUT2D eigenvalue weighted by Crippen LogP contribution is 2.39. The molecular weight excluding hydrogens is 322 g/mol. The third-order valence-corrected chi connectivity index (χ3v) is 5.03. The van der Waals surface area contributed by atoms with Crippen LogP contribution in [0.25, 0.3) is 0 Å². The van der Waals surface area contributed by atoms with Crippen molar-refractivity contribution in [3.05, 3.63) is 26.9 Å². The van der Waals surface area contributed by atoms with Gasteiger partial charge in [0.25, 0.3) is 0 Å². The Kier molecular flexibility index (Phi) is 3.92. The molecule has 1 aromatic heterocycles. The van der Waals surface area contributed by atoms with Crippen LogP contribution in [-0.2, 0) is 0 Å². The molecule has 0 radical (unpaired) electrons. The predicted molar refractivity (Wildman–Crippen MR) is 80.9 cm³/mol. The van der Waals surface area contributed by atoms with Crippen molar-refractivity contribution in [2.45, 2.75) is 32.1 Å². The number of hydrogen-bond acceptors (Lipinski definition) is 4. The van der Waals surface area contributed by atoms with Crippen LogP contribution in [0.5, 0.6) is 0 Å². The van der Waals surface area contributed by atoms with E-state index >= 15 is 0 Å². The number of aromatic nitrogens is 1. The van der Waals surface area contributed by atoms with Gasteiger partial charge in [-0.05, 0) is 40.6 Å². The van der Waals surface area contributed by atoms with Crippen LogP contribution in [0, 0.1) is 22.0 Å². The summed E-state index contributed by atoms with van der Waals surface area (Å²) in [6, 6.07) is 1.55. The number of anilines is 1. The third kappa shape index (κ3) is 2.66. The molecule has 108 valence electrons. The van der Waals surface area contributed by atoms with Crippen molar-refractivity contribution in [1.29, 1.82) is 0 Å². The van der Waals surface area contributed by atoms with Crippen molar-refractivity contribution < 1.29 is 4.92 Å². The van der Waals surface area contributed by atoms with Gasteiger partial charge in [-0.25, -0.2) is 4.98 Å². The summed E-state index contributed by atoms with van der Waals surface area (Å²) >= 11 is 3.26. The van der Waals surface area contributed by atoms with E-state index in [4.69, 9.17) is 0 Å². The van der Waals surface area contributed by atoms with E-state index in [0.717, 1.165) is 25.4 Å². The number of piperidine rings is 1. The van der Waals surface area contributed by atoms with Gasteiger partial charge in [0.1, 0.15) is 0 Å². The molecule has 0 spiro atoms. The molecule has 3 rings (SSSR count). The molecule has 5 nitrogen and oxygen atoms in total. The standard InChI is InChI=1S/C14H18BrN3O2/c15-12-7-13(18(19)20)14(16-8-12)17-6-5-10-3-1-2-4-11(10)9-17/h7-8,10-11H,1-6,9H2. The molecule has 0 N–H and O–H groups in total. The minimum absolute atomic E-state index is 0.105. The molecule has 20 heavy (non-hydrogen) atoms. The Labute approximate surface area is 126 Å². The number of nitro groups is 1. The van der Waals surface area contributed by atoms with E-state index in [0.29, 0.717) is 16.2 Å². The lowest BCUT2D eigenvalue weighted by Gasteiger charge is -2.41. The first kappa shape index (κ1) is 13.8. The lowest BCUT2D eigenvalue weighted by Crippen LogP contribution is -2.42. The average Bonchev–Trinajstić information content (AvgIpc) is 2.46. The molecule has 2 fully saturated rings. The molecule has 1 aliphatic heterocycles. The predicted octanol–water partition coefficient (Wildman–Crippen LogP) is 3.77. The van der Waals surface area contributed by atoms with Gasteiger partial charge in [0.05, 0.1) is 4.92 Å². The molecule has 1 saturated heterocycles. The molecule has 2 heterocycles. The second-order valence-corrected chi connectivity index (χ2v) is 6.71. The molecule has 2 atom stereocenters. The summed E-state index contributed by atoms with van der Waals surface area (Å²) in [5.74, 6) is 2.03. The van der Waals surface area contributed by atoms with Gasteiger partial charge in [-0.3, -0.25) is 10.1 Å². The molecule has 2 unspecified atom stereocenters. The zero-order valence-corrected chi connectivity index (χ0v) is 12.9. The van der Waals surface area contributed by atoms with Crippen molar-refractivity contribution in [1.82, 2.24) is 4.98 Å². The van der Waals surface area contributed by atoms with E-state index in [2.05, 4.69) is 25.8 Å². The van der Waals surface area contributed by atoms with Gasteiger partial charge < -0.3 is 4.90 Å². The highest BCUT2D eigenvalue weighted by molar-refractivity contribution is 9.10. The fourth-order valence-electron chi connectivity index (χ4n) is 3.59. The van der Waals surface area contributed by atoms with Gasteiger partial charge in [-0.15, -0.1) is 0 Å². The summed E-state index contributed by atoms with van der Waals surface area (Å²) in [4.78, 5) is 17.3. The number of hydrogen-bond donors (Lipinski definition) is 0. The van der Waals surface area contributed by atoms with Crippen LogP contribution >= 0.6 is 15.9 Å². The average molecular weight is 340 g/mol. The summed E-state index contributed by atoms with van der Waals surface area (Å²) in [5, 5.41) is 11.2. The molecule has 0 aromatic carbocycles. The van der Waals surface area contributed by atoms with Crippen molar-refractivity contribution in [3.63, 3.8) is 0 Å². The number of nitrogens with zero attached hydrogens (tertiary/aromatic N) is 3. The van der Waals surface area contributed by atoms with Gasteiger partial charge >= 0.3 is 5.69 Å². The Morgan fingerprint density at radius 2 is 2.05 bits per heavy atom. The van der Waals surface area contributed by atoms with E-state index in [1.807, 2.05) is 0 Å². The molecule has 1 saturated carbocycles. The van der Waals surface area contributed by atoms with E-state index in [1.165, 1.54) is 25.7 Å². The van der Waals surface area contributed by atoms with Gasteiger partial charge in [-0.2, -0.15) is 0 Å². The molecule has 1 aliphatic carbocycles. The molecule has 0 bridgehead atoms. The monoisotopic (exact) mass is 339 g/mol. The maximum atomic E-state index is 11.2. The van der Waals surface area contributed by atoms with Crippen LogP contribution in [-0.4, -0.2) is 23.0 Å². The Morgan fingerprint density at radius 1 is 1.30 bits per heavy atom. The van der Waals surface area contributed by atoms with Crippen LogP contribution in [0.15, 0.2) is 16.7 Å². The fourth-order valence-corrected chi connectivity index (χ4v) is 3.91. The number of pyridine rings is 1. The molecular formula is C14H18BrN3O2. The number of halogens is 1. The summed E-state index contributed by atoms with van der Waals surface area (Å²) in [7, 11) is 0. The van der Waals surface area contributed by atoms with Crippen LogP contribution in [0.4, 0.5) is 11.5 Å². The van der Waals surface area contributed by atoms with Crippen molar-refractivity contribution in [2.75, 3.05) is 18.0 Å². The topological polar surface area (TPSA) is 59.3 Å². The highest BCUT2D eigenvalue weighted by Gasteiger charge is 2.33. The number of rotatable bonds is 2. The largest absolute Gasteiger partial charge is 0.351 e. The van der Waals surface area contributed by atoms with Crippen molar-refractivity contribution >= 4 is 27.4 Å². The first-order valence-corrected chi connectivity index (χ1v) is 7.99. The first-order chi connectivity index (χ1) is 9.65. The fraction of sp³-hybridized carbons (Fsp3) is 0.643. The van der Waals surface area contributed by atoms with Crippen LogP contribution in [0.3, 0.4) is 0 Å². The van der Waals surface area contributed by atoms with Crippen molar-refractivity contribution in [3.8, 4) is 0 Å². The summed E-state index contributed by atoms with van der Waals surface area (Å²) < 4.78 is 0.653. The molecule has 2 aliphatic rings. The minimum Gasteiger partial charge on any atom is -0.351 e. The van der Waals surface area contributed by atoms with E-state index < -0.39 is 0 Å². The van der Waals surface area contributed by atoms with Gasteiger partial charge in [-0.1, -0.05) is 19.3 Å². The maximum absolute atomic E-state index is 11.2. The third-order valence-electron chi connectivity index (χ3n) is 4.60. The second-order valence-electron chi connectivity index (χ2n) is 5.79. The normalized spacial score (nSPS) is 26.1. The summed E-state index contributed by atoms with van der Waals surface area (Å²) in [6.07, 6.45) is 8.01. The van der Waals surface area contributed by atoms with Crippen LogP contribution in [0.2, 0.25) is 0 Å². The van der Waals surface area contributed by atoms with E-state index in [-0.39, 0.29) is 10.6 Å². The smallest absolute Gasteiger partial charge is 0.312 e. The zero-order chi connectivity index (χ0) is 14.1. The van der Waals surface area contributed by atoms with Gasteiger partial charge in [0, 0.05) is 29.8 Å². The SMILES string of the molecule is O=[N+]([O-])c1cc(Br)cnc1N1CCC2CCCCC2C1. The molecule has 6 heteroatoms. The van der Waals surface area contributed by atoms with E-state index in [9.17, 15) is 10.1 Å². The Bertz CT molecular complexity index is 523. The minimum atomic E-state index is -0.333. The van der Waals surface area contributed by atoms with Crippen LogP contribution in [0.1, 0.15) is 32.1 Å². The maximum Gasteiger partial charge on any atom is 0.312 e. The Morgan fingerprint density at radius 3 is 2.80 bits per heavy atom. The van der Waals surface area contributed by atoms with Crippen molar-refractivity contribution in [2.24, 2.45) is 11.8 Å². The highest BCUT2D eigenvalue weighted by atomic mass is 79.9.